The Morgan fingerprint density at radius 3 is 2.47 bits per heavy atom. The Balaban J connectivity index is 2.30. The predicted octanol–water partition coefficient (Wildman–Crippen LogP) is 2.68. The van der Waals surface area contributed by atoms with E-state index in [4.69, 9.17) is 5.73 Å². The standard InChI is InChI=1S/C15H26N2/c1-3-13(2)15-8-6-14(7-9-15)5-4-11-17-12-10-16/h6-9,13,17H,3-5,10-12,16H2,1-2H3. The molecule has 0 bridgehead atoms. The van der Waals surface area contributed by atoms with Gasteiger partial charge in [-0.15, -0.1) is 0 Å². The molecule has 2 nitrogen and oxygen atoms in total. The highest BCUT2D eigenvalue weighted by Crippen LogP contribution is 2.19. The summed E-state index contributed by atoms with van der Waals surface area (Å²) in [5, 5.41) is 3.32. The third-order valence-electron chi connectivity index (χ3n) is 3.30. The molecule has 1 aromatic carbocycles. The quantitative estimate of drug-likeness (QED) is 0.679. The van der Waals surface area contributed by atoms with Crippen molar-refractivity contribution in [2.45, 2.75) is 39.0 Å². The van der Waals surface area contributed by atoms with Gasteiger partial charge in [0.25, 0.3) is 0 Å². The van der Waals surface area contributed by atoms with E-state index in [9.17, 15) is 0 Å². The average molecular weight is 234 g/mol. The van der Waals surface area contributed by atoms with Crippen molar-refractivity contribution < 1.29 is 0 Å². The fraction of sp³-hybridized carbons (Fsp3) is 0.600. The van der Waals surface area contributed by atoms with Crippen LogP contribution in [0, 0.1) is 0 Å². The molecule has 3 N–H and O–H groups in total. The van der Waals surface area contributed by atoms with E-state index in [0.717, 1.165) is 26.1 Å². The van der Waals surface area contributed by atoms with Gasteiger partial charge in [-0.1, -0.05) is 38.1 Å². The van der Waals surface area contributed by atoms with Gasteiger partial charge in [-0.2, -0.15) is 0 Å². The van der Waals surface area contributed by atoms with Crippen molar-refractivity contribution in [3.05, 3.63) is 35.4 Å². The summed E-state index contributed by atoms with van der Waals surface area (Å²) >= 11 is 0. The van der Waals surface area contributed by atoms with Gasteiger partial charge in [0, 0.05) is 13.1 Å². The highest BCUT2D eigenvalue weighted by atomic mass is 14.9. The highest BCUT2D eigenvalue weighted by molar-refractivity contribution is 5.25. The van der Waals surface area contributed by atoms with Crippen LogP contribution in [-0.4, -0.2) is 19.6 Å². The van der Waals surface area contributed by atoms with Gasteiger partial charge in [0.15, 0.2) is 0 Å². The van der Waals surface area contributed by atoms with Gasteiger partial charge in [-0.25, -0.2) is 0 Å². The van der Waals surface area contributed by atoms with Crippen LogP contribution in [0.2, 0.25) is 0 Å². The van der Waals surface area contributed by atoms with Crippen molar-refractivity contribution in [3.63, 3.8) is 0 Å². The molecule has 0 radical (unpaired) electrons. The zero-order chi connectivity index (χ0) is 12.5. The van der Waals surface area contributed by atoms with E-state index < -0.39 is 0 Å². The van der Waals surface area contributed by atoms with E-state index in [1.165, 1.54) is 24.0 Å². The molecule has 0 heterocycles. The minimum absolute atomic E-state index is 0.676. The van der Waals surface area contributed by atoms with Gasteiger partial charge in [0.05, 0.1) is 0 Å². The van der Waals surface area contributed by atoms with Crippen LogP contribution in [0.25, 0.3) is 0 Å². The summed E-state index contributed by atoms with van der Waals surface area (Å²) in [5.41, 5.74) is 8.31. The third kappa shape index (κ3) is 5.33. The van der Waals surface area contributed by atoms with Crippen molar-refractivity contribution in [1.29, 1.82) is 0 Å². The first-order valence-electron chi connectivity index (χ1n) is 6.77. The van der Waals surface area contributed by atoms with Gasteiger partial charge in [0.2, 0.25) is 0 Å². The van der Waals surface area contributed by atoms with Crippen molar-refractivity contribution in [3.8, 4) is 0 Å². The molecule has 0 aliphatic rings. The minimum atomic E-state index is 0.676. The van der Waals surface area contributed by atoms with Gasteiger partial charge in [-0.3, -0.25) is 0 Å². The van der Waals surface area contributed by atoms with Crippen molar-refractivity contribution in [1.82, 2.24) is 5.32 Å². The molecule has 0 fully saturated rings. The van der Waals surface area contributed by atoms with Gasteiger partial charge < -0.3 is 11.1 Å². The molecule has 0 saturated carbocycles. The lowest BCUT2D eigenvalue weighted by Crippen LogP contribution is -2.23. The summed E-state index contributed by atoms with van der Waals surface area (Å²) in [6.07, 6.45) is 3.55. The third-order valence-corrected chi connectivity index (χ3v) is 3.30. The Morgan fingerprint density at radius 2 is 1.88 bits per heavy atom. The topological polar surface area (TPSA) is 38.0 Å². The van der Waals surface area contributed by atoms with Crippen LogP contribution in [-0.2, 0) is 6.42 Å². The second-order valence-corrected chi connectivity index (χ2v) is 4.69. The van der Waals surface area contributed by atoms with Crippen LogP contribution < -0.4 is 11.1 Å². The fourth-order valence-electron chi connectivity index (χ4n) is 1.89. The Morgan fingerprint density at radius 1 is 1.18 bits per heavy atom. The average Bonchev–Trinajstić information content (AvgIpc) is 2.38. The molecule has 2 heteroatoms. The SMILES string of the molecule is CCC(C)c1ccc(CCCNCCN)cc1. The molecule has 1 rings (SSSR count). The number of benzene rings is 1. The molecule has 0 spiro atoms. The molecule has 1 aromatic rings. The summed E-state index contributed by atoms with van der Waals surface area (Å²) in [4.78, 5) is 0. The van der Waals surface area contributed by atoms with Crippen LogP contribution in [0.5, 0.6) is 0 Å². The Labute approximate surface area is 106 Å². The molecule has 0 saturated heterocycles. The Bertz CT molecular complexity index is 292. The molecule has 1 atom stereocenters. The summed E-state index contributed by atoms with van der Waals surface area (Å²) in [7, 11) is 0. The number of nitrogens with one attached hydrogen (secondary N) is 1. The maximum absolute atomic E-state index is 5.42. The summed E-state index contributed by atoms with van der Waals surface area (Å²) in [6, 6.07) is 9.09. The van der Waals surface area contributed by atoms with Crippen LogP contribution in [0.1, 0.15) is 43.7 Å². The molecule has 96 valence electrons. The maximum atomic E-state index is 5.42. The van der Waals surface area contributed by atoms with E-state index in [-0.39, 0.29) is 0 Å². The minimum Gasteiger partial charge on any atom is -0.329 e. The van der Waals surface area contributed by atoms with Crippen LogP contribution in [0.3, 0.4) is 0 Å². The first kappa shape index (κ1) is 14.2. The Kier molecular flexibility index (Phi) is 6.90. The normalized spacial score (nSPS) is 12.6. The van der Waals surface area contributed by atoms with Gasteiger partial charge in [-0.05, 0) is 42.9 Å². The lowest BCUT2D eigenvalue weighted by atomic mass is 9.97. The van der Waals surface area contributed by atoms with E-state index in [2.05, 4.69) is 43.4 Å². The summed E-state index contributed by atoms with van der Waals surface area (Å²) < 4.78 is 0. The molecule has 0 aliphatic heterocycles. The van der Waals surface area contributed by atoms with Gasteiger partial charge >= 0.3 is 0 Å². The van der Waals surface area contributed by atoms with E-state index in [1.54, 1.807) is 0 Å². The smallest absolute Gasteiger partial charge is 0.00745 e. The largest absolute Gasteiger partial charge is 0.329 e. The zero-order valence-corrected chi connectivity index (χ0v) is 11.2. The Hall–Kier alpha value is -0.860. The second-order valence-electron chi connectivity index (χ2n) is 4.69. The van der Waals surface area contributed by atoms with Crippen molar-refractivity contribution >= 4 is 0 Å². The number of aryl methyl sites for hydroxylation is 1. The first-order valence-corrected chi connectivity index (χ1v) is 6.77. The van der Waals surface area contributed by atoms with E-state index in [1.807, 2.05) is 0 Å². The molecule has 0 amide bonds. The number of hydrogen-bond acceptors (Lipinski definition) is 2. The lowest BCUT2D eigenvalue weighted by Gasteiger charge is -2.09. The predicted molar refractivity (Wildman–Crippen MR) is 75.4 cm³/mol. The van der Waals surface area contributed by atoms with Crippen molar-refractivity contribution in [2.24, 2.45) is 5.73 Å². The number of hydrogen-bond donors (Lipinski definition) is 2. The lowest BCUT2D eigenvalue weighted by molar-refractivity contribution is 0.653. The van der Waals surface area contributed by atoms with Gasteiger partial charge in [0.1, 0.15) is 0 Å². The summed E-state index contributed by atoms with van der Waals surface area (Å²) in [6.45, 7) is 7.23. The molecular weight excluding hydrogens is 208 g/mol. The molecule has 0 aliphatic carbocycles. The van der Waals surface area contributed by atoms with Crippen LogP contribution in [0.15, 0.2) is 24.3 Å². The second kappa shape index (κ2) is 8.26. The van der Waals surface area contributed by atoms with Crippen LogP contribution >= 0.6 is 0 Å². The zero-order valence-electron chi connectivity index (χ0n) is 11.2. The molecule has 1 unspecified atom stereocenters. The highest BCUT2D eigenvalue weighted by Gasteiger charge is 2.02. The monoisotopic (exact) mass is 234 g/mol. The summed E-state index contributed by atoms with van der Waals surface area (Å²) in [5.74, 6) is 0.676. The van der Waals surface area contributed by atoms with Crippen LogP contribution in [0.4, 0.5) is 0 Å². The number of rotatable bonds is 8. The molecule has 0 aromatic heterocycles. The first-order chi connectivity index (χ1) is 8.27. The maximum Gasteiger partial charge on any atom is 0.00745 e. The fourth-order valence-corrected chi connectivity index (χ4v) is 1.89. The molecular formula is C15H26N2. The van der Waals surface area contributed by atoms with E-state index >= 15 is 0 Å². The number of nitrogens with two attached hydrogens (primary N) is 1. The van der Waals surface area contributed by atoms with Crippen molar-refractivity contribution in [2.75, 3.05) is 19.6 Å². The molecule has 17 heavy (non-hydrogen) atoms. The van der Waals surface area contributed by atoms with E-state index in [0.29, 0.717) is 5.92 Å².